The van der Waals surface area contributed by atoms with Crippen molar-refractivity contribution in [2.24, 2.45) is 5.92 Å². The first-order chi connectivity index (χ1) is 12.3. The lowest BCUT2D eigenvalue weighted by Crippen LogP contribution is -2.38. The summed E-state index contributed by atoms with van der Waals surface area (Å²) in [6.45, 7) is 11.9. The van der Waals surface area contributed by atoms with Gasteiger partial charge in [0.05, 0.1) is 11.8 Å². The van der Waals surface area contributed by atoms with Crippen LogP contribution in [-0.4, -0.2) is 28.5 Å². The molecule has 0 spiro atoms. The average Bonchev–Trinajstić information content (AvgIpc) is 2.89. The Balaban J connectivity index is 1.78. The molecule has 26 heavy (non-hydrogen) atoms. The third kappa shape index (κ3) is 6.10. The highest BCUT2D eigenvalue weighted by atomic mass is 16.5. The number of hydrogen-bond donors (Lipinski definition) is 2. The van der Waals surface area contributed by atoms with E-state index in [0.717, 1.165) is 29.2 Å². The highest BCUT2D eigenvalue weighted by molar-refractivity contribution is 5.73. The lowest BCUT2D eigenvalue weighted by molar-refractivity contribution is 0.234. The Labute approximate surface area is 155 Å². The molecule has 2 N–H and O–H groups in total. The van der Waals surface area contributed by atoms with Crippen LogP contribution in [0, 0.1) is 19.8 Å². The van der Waals surface area contributed by atoms with Crippen LogP contribution in [-0.2, 0) is 13.1 Å². The monoisotopic (exact) mass is 358 g/mol. The van der Waals surface area contributed by atoms with Crippen molar-refractivity contribution in [1.82, 2.24) is 20.4 Å². The molecule has 1 heterocycles. The molecule has 0 aliphatic rings. The maximum absolute atomic E-state index is 12.1. The van der Waals surface area contributed by atoms with Crippen molar-refractivity contribution in [2.45, 2.75) is 53.8 Å². The molecule has 6 heteroatoms. The van der Waals surface area contributed by atoms with Gasteiger partial charge in [0.25, 0.3) is 0 Å². The second-order valence-electron chi connectivity index (χ2n) is 7.05. The SMILES string of the molecule is Cc1cc(C)n(CC(C)CNC(=O)NCc2ccccc2OC(C)C)n1. The molecule has 142 valence electrons. The Morgan fingerprint density at radius 2 is 1.92 bits per heavy atom. The number of carbonyl (C=O) groups is 1. The summed E-state index contributed by atoms with van der Waals surface area (Å²) in [5.41, 5.74) is 3.12. The van der Waals surface area contributed by atoms with Gasteiger partial charge in [0.2, 0.25) is 0 Å². The molecule has 0 bridgehead atoms. The van der Waals surface area contributed by atoms with Crippen LogP contribution in [0.3, 0.4) is 0 Å². The third-order valence-corrected chi connectivity index (χ3v) is 3.97. The van der Waals surface area contributed by atoms with Crippen LogP contribution in [0.25, 0.3) is 0 Å². The molecule has 0 aliphatic carbocycles. The van der Waals surface area contributed by atoms with Crippen molar-refractivity contribution >= 4 is 6.03 Å². The van der Waals surface area contributed by atoms with E-state index in [1.54, 1.807) is 0 Å². The molecule has 0 saturated carbocycles. The number of urea groups is 1. The van der Waals surface area contributed by atoms with Crippen LogP contribution in [0.1, 0.15) is 37.7 Å². The second-order valence-corrected chi connectivity index (χ2v) is 7.05. The fourth-order valence-corrected chi connectivity index (χ4v) is 2.74. The van der Waals surface area contributed by atoms with Gasteiger partial charge in [0, 0.05) is 30.9 Å². The maximum Gasteiger partial charge on any atom is 0.315 e. The fraction of sp³-hybridized carbons (Fsp3) is 0.500. The predicted octanol–water partition coefficient (Wildman–Crippen LogP) is 3.42. The smallest absolute Gasteiger partial charge is 0.315 e. The first kappa shape index (κ1) is 19.8. The molecular weight excluding hydrogens is 328 g/mol. The number of amides is 2. The van der Waals surface area contributed by atoms with Gasteiger partial charge in [-0.15, -0.1) is 0 Å². The van der Waals surface area contributed by atoms with Gasteiger partial charge in [-0.2, -0.15) is 5.10 Å². The van der Waals surface area contributed by atoms with Gasteiger partial charge < -0.3 is 15.4 Å². The lowest BCUT2D eigenvalue weighted by Gasteiger charge is -2.16. The van der Waals surface area contributed by atoms with Crippen molar-refractivity contribution in [3.05, 3.63) is 47.3 Å². The molecule has 1 aromatic carbocycles. The van der Waals surface area contributed by atoms with Crippen molar-refractivity contribution in [1.29, 1.82) is 0 Å². The summed E-state index contributed by atoms with van der Waals surface area (Å²) in [6, 6.07) is 9.64. The summed E-state index contributed by atoms with van der Waals surface area (Å²) in [5.74, 6) is 1.09. The number of aromatic nitrogens is 2. The molecule has 0 aliphatic heterocycles. The second kappa shape index (κ2) is 9.27. The van der Waals surface area contributed by atoms with Gasteiger partial charge in [-0.25, -0.2) is 4.79 Å². The van der Waals surface area contributed by atoms with Crippen molar-refractivity contribution in [3.63, 3.8) is 0 Å². The van der Waals surface area contributed by atoms with E-state index in [2.05, 4.69) is 28.7 Å². The molecule has 0 fully saturated rings. The molecule has 1 atom stereocenters. The minimum atomic E-state index is -0.176. The number of hydrogen-bond acceptors (Lipinski definition) is 3. The number of carbonyl (C=O) groups excluding carboxylic acids is 1. The Morgan fingerprint density at radius 1 is 1.19 bits per heavy atom. The van der Waals surface area contributed by atoms with Gasteiger partial charge >= 0.3 is 6.03 Å². The largest absolute Gasteiger partial charge is 0.491 e. The molecule has 2 rings (SSSR count). The number of nitrogens with zero attached hydrogens (tertiary/aromatic N) is 2. The summed E-state index contributed by atoms with van der Waals surface area (Å²) in [7, 11) is 0. The number of benzene rings is 1. The highest BCUT2D eigenvalue weighted by Gasteiger charge is 2.10. The summed E-state index contributed by atoms with van der Waals surface area (Å²) in [6.07, 6.45) is 0.0974. The zero-order valence-corrected chi connectivity index (χ0v) is 16.4. The van der Waals surface area contributed by atoms with Crippen molar-refractivity contribution in [2.75, 3.05) is 6.54 Å². The van der Waals surface area contributed by atoms with Crippen LogP contribution in [0.4, 0.5) is 4.79 Å². The van der Waals surface area contributed by atoms with E-state index in [9.17, 15) is 4.79 Å². The molecule has 6 nitrogen and oxygen atoms in total. The van der Waals surface area contributed by atoms with Gasteiger partial charge in [0.15, 0.2) is 0 Å². The Hall–Kier alpha value is -2.50. The summed E-state index contributed by atoms with van der Waals surface area (Å²) >= 11 is 0. The summed E-state index contributed by atoms with van der Waals surface area (Å²) < 4.78 is 7.76. The number of rotatable bonds is 8. The maximum atomic E-state index is 12.1. The first-order valence-corrected chi connectivity index (χ1v) is 9.12. The van der Waals surface area contributed by atoms with Crippen LogP contribution >= 0.6 is 0 Å². The normalized spacial score (nSPS) is 12.1. The van der Waals surface area contributed by atoms with Crippen LogP contribution in [0.2, 0.25) is 0 Å². The molecule has 2 aromatic rings. The zero-order chi connectivity index (χ0) is 19.1. The quantitative estimate of drug-likeness (QED) is 0.760. The van der Waals surface area contributed by atoms with Crippen LogP contribution in [0.5, 0.6) is 5.75 Å². The summed E-state index contributed by atoms with van der Waals surface area (Å²) in [5, 5.41) is 10.3. The molecule has 0 saturated heterocycles. The molecule has 2 amide bonds. The van der Waals surface area contributed by atoms with E-state index >= 15 is 0 Å². The minimum absolute atomic E-state index is 0.0974. The minimum Gasteiger partial charge on any atom is -0.491 e. The Morgan fingerprint density at radius 3 is 2.58 bits per heavy atom. The van der Waals surface area contributed by atoms with E-state index < -0.39 is 0 Å². The predicted molar refractivity (Wildman–Crippen MR) is 103 cm³/mol. The van der Waals surface area contributed by atoms with Gasteiger partial charge in [-0.1, -0.05) is 25.1 Å². The standard InChI is InChI=1S/C20H30N4O2/c1-14(2)26-19-9-7-6-8-18(19)12-22-20(25)21-11-15(3)13-24-17(5)10-16(4)23-24/h6-10,14-15H,11-13H2,1-5H3,(H2,21,22,25). The van der Waals surface area contributed by atoms with E-state index in [1.165, 1.54) is 0 Å². The van der Waals surface area contributed by atoms with Gasteiger partial charge in [0.1, 0.15) is 5.75 Å². The van der Waals surface area contributed by atoms with E-state index in [4.69, 9.17) is 4.74 Å². The zero-order valence-electron chi connectivity index (χ0n) is 16.4. The molecule has 0 radical (unpaired) electrons. The fourth-order valence-electron chi connectivity index (χ4n) is 2.74. The Bertz CT molecular complexity index is 724. The van der Waals surface area contributed by atoms with E-state index in [0.29, 0.717) is 13.1 Å². The van der Waals surface area contributed by atoms with Crippen LogP contribution in [0.15, 0.2) is 30.3 Å². The summed E-state index contributed by atoms with van der Waals surface area (Å²) in [4.78, 5) is 12.1. The van der Waals surface area contributed by atoms with E-state index in [-0.39, 0.29) is 18.1 Å². The third-order valence-electron chi connectivity index (χ3n) is 3.97. The topological polar surface area (TPSA) is 68.2 Å². The van der Waals surface area contributed by atoms with Gasteiger partial charge in [-0.3, -0.25) is 4.68 Å². The highest BCUT2D eigenvalue weighted by Crippen LogP contribution is 2.19. The number of aryl methyl sites for hydroxylation is 2. The first-order valence-electron chi connectivity index (χ1n) is 9.12. The van der Waals surface area contributed by atoms with Crippen LogP contribution < -0.4 is 15.4 Å². The van der Waals surface area contributed by atoms with Gasteiger partial charge in [-0.05, 0) is 45.7 Å². The number of para-hydroxylation sites is 1. The Kier molecular flexibility index (Phi) is 7.06. The van der Waals surface area contributed by atoms with E-state index in [1.807, 2.05) is 56.6 Å². The average molecular weight is 358 g/mol. The van der Waals surface area contributed by atoms with Crippen molar-refractivity contribution in [3.8, 4) is 5.75 Å². The van der Waals surface area contributed by atoms with Crippen molar-refractivity contribution < 1.29 is 9.53 Å². The molecule has 1 aromatic heterocycles. The number of ether oxygens (including phenoxy) is 1. The molecule has 1 unspecified atom stereocenters. The lowest BCUT2D eigenvalue weighted by atomic mass is 10.2. The number of nitrogens with one attached hydrogen (secondary N) is 2. The molecular formula is C20H30N4O2.